The zero-order valence-corrected chi connectivity index (χ0v) is 18.7. The van der Waals surface area contributed by atoms with Crippen molar-refractivity contribution in [3.63, 3.8) is 0 Å². The van der Waals surface area contributed by atoms with Gasteiger partial charge in [-0.05, 0) is 63.2 Å². The van der Waals surface area contributed by atoms with Crippen molar-refractivity contribution in [2.24, 2.45) is 11.8 Å². The molecule has 2 saturated carbocycles. The van der Waals surface area contributed by atoms with E-state index < -0.39 is 9.84 Å². The van der Waals surface area contributed by atoms with Gasteiger partial charge in [0.2, 0.25) is 11.8 Å². The van der Waals surface area contributed by atoms with Gasteiger partial charge in [-0.3, -0.25) is 9.59 Å². The summed E-state index contributed by atoms with van der Waals surface area (Å²) in [6.45, 7) is 4.63. The first kappa shape index (κ1) is 23.6. The van der Waals surface area contributed by atoms with Crippen LogP contribution in [0.15, 0.2) is 23.3 Å². The number of hydrogen-bond acceptors (Lipinski definition) is 4. The van der Waals surface area contributed by atoms with E-state index in [2.05, 4.69) is 24.5 Å². The van der Waals surface area contributed by atoms with Crippen LogP contribution in [0.4, 0.5) is 0 Å². The number of nitrogens with one attached hydrogen (secondary N) is 2. The number of allylic oxidation sites excluding steroid dienone is 2. The fraction of sp³-hybridized carbons (Fsp3) is 0.727. The van der Waals surface area contributed by atoms with Crippen molar-refractivity contribution < 1.29 is 18.0 Å². The second kappa shape index (κ2) is 11.5. The van der Waals surface area contributed by atoms with Crippen molar-refractivity contribution >= 4 is 21.7 Å². The largest absolute Gasteiger partial charge is 0.352 e. The van der Waals surface area contributed by atoms with Gasteiger partial charge in [-0.2, -0.15) is 0 Å². The molecular formula is C22H36N2O4S. The molecule has 0 unspecified atom stereocenters. The Bertz CT molecular complexity index is 664. The quantitative estimate of drug-likeness (QED) is 0.586. The lowest BCUT2D eigenvalue weighted by molar-refractivity contribution is -0.117. The van der Waals surface area contributed by atoms with E-state index in [1.165, 1.54) is 0 Å². The molecule has 0 aliphatic heterocycles. The van der Waals surface area contributed by atoms with Crippen LogP contribution >= 0.6 is 0 Å². The van der Waals surface area contributed by atoms with E-state index in [0.29, 0.717) is 11.8 Å². The second-order valence-electron chi connectivity index (χ2n) is 8.70. The minimum Gasteiger partial charge on any atom is -0.352 e. The molecule has 164 valence electrons. The Balaban J connectivity index is 1.63. The first-order chi connectivity index (χ1) is 13.7. The second-order valence-corrected chi connectivity index (χ2v) is 11.0. The van der Waals surface area contributed by atoms with E-state index in [0.717, 1.165) is 62.5 Å². The summed E-state index contributed by atoms with van der Waals surface area (Å²) in [5.41, 5.74) is 2.29. The molecule has 2 aliphatic carbocycles. The van der Waals surface area contributed by atoms with Crippen LogP contribution in [-0.4, -0.2) is 44.8 Å². The SMILES string of the molecule is CC1CCC(=CC(=O)NCCS(=O)(=O)CCNC(=O)C=C2CCC(C)CC2)CC1. The van der Waals surface area contributed by atoms with Crippen LogP contribution in [0.3, 0.4) is 0 Å². The molecule has 2 amide bonds. The van der Waals surface area contributed by atoms with Gasteiger partial charge in [0.1, 0.15) is 0 Å². The standard InChI is InChI=1S/C22H36N2O4S/c1-17-3-7-19(8-4-17)15-21(25)23-11-13-29(27,28)14-12-24-22(26)16-20-9-5-18(2)6-10-20/h15-18H,3-14H2,1-2H3,(H,23,25)(H,24,26). The Hall–Kier alpha value is -1.63. The summed E-state index contributed by atoms with van der Waals surface area (Å²) < 4.78 is 24.2. The van der Waals surface area contributed by atoms with E-state index in [-0.39, 0.29) is 36.4 Å². The predicted molar refractivity (Wildman–Crippen MR) is 116 cm³/mol. The molecular weight excluding hydrogens is 388 g/mol. The van der Waals surface area contributed by atoms with Gasteiger partial charge in [0.05, 0.1) is 11.5 Å². The summed E-state index contributed by atoms with van der Waals surface area (Å²) in [5.74, 6) is 0.756. The minimum absolute atomic E-state index is 0.0948. The van der Waals surface area contributed by atoms with E-state index >= 15 is 0 Å². The van der Waals surface area contributed by atoms with E-state index in [1.54, 1.807) is 12.2 Å². The number of hydrogen-bond donors (Lipinski definition) is 2. The maximum Gasteiger partial charge on any atom is 0.243 e. The summed E-state index contributed by atoms with van der Waals surface area (Å²) in [6.07, 6.45) is 11.5. The van der Waals surface area contributed by atoms with Crippen LogP contribution in [0.1, 0.15) is 65.2 Å². The molecule has 0 radical (unpaired) electrons. The van der Waals surface area contributed by atoms with Crippen LogP contribution in [0, 0.1) is 11.8 Å². The molecule has 0 atom stereocenters. The molecule has 0 heterocycles. The summed E-state index contributed by atoms with van der Waals surface area (Å²) >= 11 is 0. The molecule has 0 aromatic rings. The van der Waals surface area contributed by atoms with E-state index in [4.69, 9.17) is 0 Å². The van der Waals surface area contributed by atoms with Crippen molar-refractivity contribution in [1.82, 2.24) is 10.6 Å². The number of sulfone groups is 1. The third kappa shape index (κ3) is 9.61. The fourth-order valence-electron chi connectivity index (χ4n) is 3.79. The highest BCUT2D eigenvalue weighted by atomic mass is 32.2. The van der Waals surface area contributed by atoms with Crippen LogP contribution in [0.2, 0.25) is 0 Å². The molecule has 0 aromatic carbocycles. The topological polar surface area (TPSA) is 92.3 Å². The predicted octanol–water partition coefficient (Wildman–Crippen LogP) is 2.91. The summed E-state index contributed by atoms with van der Waals surface area (Å²) in [7, 11) is -3.32. The fourth-order valence-corrected chi connectivity index (χ4v) is 4.82. The van der Waals surface area contributed by atoms with Crippen LogP contribution in [0.5, 0.6) is 0 Å². The molecule has 6 nitrogen and oxygen atoms in total. The summed E-state index contributed by atoms with van der Waals surface area (Å²) in [5, 5.41) is 5.33. The molecule has 0 spiro atoms. The first-order valence-corrected chi connectivity index (χ1v) is 12.7. The highest BCUT2D eigenvalue weighted by Crippen LogP contribution is 2.28. The molecule has 2 N–H and O–H groups in total. The van der Waals surface area contributed by atoms with Crippen LogP contribution in [0.25, 0.3) is 0 Å². The Kier molecular flexibility index (Phi) is 9.40. The highest BCUT2D eigenvalue weighted by Gasteiger charge is 2.16. The zero-order chi connectivity index (χ0) is 21.3. The summed E-state index contributed by atoms with van der Waals surface area (Å²) in [4.78, 5) is 23.9. The van der Waals surface area contributed by atoms with Gasteiger partial charge in [-0.1, -0.05) is 25.0 Å². The van der Waals surface area contributed by atoms with Gasteiger partial charge in [-0.15, -0.1) is 0 Å². The number of carbonyl (C=O) groups excluding carboxylic acids is 2. The molecule has 0 aromatic heterocycles. The normalized spacial score (nSPS) is 22.7. The lowest BCUT2D eigenvalue weighted by Crippen LogP contribution is -2.32. The van der Waals surface area contributed by atoms with Crippen molar-refractivity contribution in [3.05, 3.63) is 23.3 Å². The van der Waals surface area contributed by atoms with E-state index in [9.17, 15) is 18.0 Å². The molecule has 2 fully saturated rings. The average molecular weight is 425 g/mol. The summed E-state index contributed by atoms with van der Waals surface area (Å²) in [6, 6.07) is 0. The first-order valence-electron chi connectivity index (χ1n) is 10.9. The van der Waals surface area contributed by atoms with Crippen molar-refractivity contribution in [1.29, 1.82) is 0 Å². The minimum atomic E-state index is -3.32. The van der Waals surface area contributed by atoms with Gasteiger partial charge in [0, 0.05) is 25.2 Å². The zero-order valence-electron chi connectivity index (χ0n) is 17.8. The Morgan fingerprint density at radius 2 is 1.14 bits per heavy atom. The van der Waals surface area contributed by atoms with Gasteiger partial charge in [0.25, 0.3) is 0 Å². The number of rotatable bonds is 8. The molecule has 0 saturated heterocycles. The van der Waals surface area contributed by atoms with Crippen molar-refractivity contribution in [3.8, 4) is 0 Å². The van der Waals surface area contributed by atoms with Gasteiger partial charge in [0.15, 0.2) is 9.84 Å². The Labute approximate surface area is 175 Å². The van der Waals surface area contributed by atoms with Gasteiger partial charge in [-0.25, -0.2) is 8.42 Å². The number of carbonyl (C=O) groups is 2. The molecule has 2 aliphatic rings. The lowest BCUT2D eigenvalue weighted by Gasteiger charge is -2.19. The highest BCUT2D eigenvalue weighted by molar-refractivity contribution is 7.91. The van der Waals surface area contributed by atoms with Gasteiger partial charge < -0.3 is 10.6 Å². The van der Waals surface area contributed by atoms with E-state index in [1.807, 2.05) is 0 Å². The third-order valence-electron chi connectivity index (χ3n) is 5.93. The van der Waals surface area contributed by atoms with Crippen molar-refractivity contribution in [2.75, 3.05) is 24.6 Å². The van der Waals surface area contributed by atoms with Crippen molar-refractivity contribution in [2.45, 2.75) is 65.2 Å². The molecule has 7 heteroatoms. The molecule has 29 heavy (non-hydrogen) atoms. The van der Waals surface area contributed by atoms with Crippen LogP contribution in [-0.2, 0) is 19.4 Å². The average Bonchev–Trinajstić information content (AvgIpc) is 2.65. The maximum atomic E-state index is 12.1. The maximum absolute atomic E-state index is 12.1. The number of amides is 2. The monoisotopic (exact) mass is 424 g/mol. The molecule has 2 rings (SSSR count). The Morgan fingerprint density at radius 3 is 1.48 bits per heavy atom. The van der Waals surface area contributed by atoms with Gasteiger partial charge >= 0.3 is 0 Å². The lowest BCUT2D eigenvalue weighted by atomic mass is 9.87. The third-order valence-corrected chi connectivity index (χ3v) is 7.58. The Morgan fingerprint density at radius 1 is 0.793 bits per heavy atom. The van der Waals surface area contributed by atoms with Crippen LogP contribution < -0.4 is 10.6 Å². The smallest absolute Gasteiger partial charge is 0.243 e. The molecule has 0 bridgehead atoms.